The number of amides is 1. The van der Waals surface area contributed by atoms with Crippen molar-refractivity contribution in [2.75, 3.05) is 0 Å². The molecule has 0 unspecified atom stereocenters. The van der Waals surface area contributed by atoms with E-state index >= 15 is 0 Å². The van der Waals surface area contributed by atoms with Crippen molar-refractivity contribution in [2.24, 2.45) is 29.6 Å². The van der Waals surface area contributed by atoms with Gasteiger partial charge < -0.3 is 5.32 Å². The molecule has 4 aliphatic carbocycles. The Morgan fingerprint density at radius 2 is 1.62 bits per heavy atom. The summed E-state index contributed by atoms with van der Waals surface area (Å²) in [5, 5.41) is 13.9. The summed E-state index contributed by atoms with van der Waals surface area (Å²) in [4.78, 5) is 22.8. The predicted molar refractivity (Wildman–Crippen MR) is 90.6 cm³/mol. The van der Waals surface area contributed by atoms with Crippen LogP contribution in [-0.2, 0) is 0 Å². The number of nitro groups is 1. The number of non-ortho nitro benzene ring substituents is 1. The van der Waals surface area contributed by atoms with Crippen molar-refractivity contribution in [3.63, 3.8) is 0 Å². The lowest BCUT2D eigenvalue weighted by Gasteiger charge is -2.56. The van der Waals surface area contributed by atoms with E-state index in [0.29, 0.717) is 11.5 Å². The highest BCUT2D eigenvalue weighted by Gasteiger charge is 2.49. The Balaban J connectivity index is 1.43. The van der Waals surface area contributed by atoms with E-state index in [1.807, 2.05) is 0 Å². The first-order valence-corrected chi connectivity index (χ1v) is 9.06. The Bertz CT molecular complexity index is 627. The molecule has 0 saturated heterocycles. The van der Waals surface area contributed by atoms with E-state index < -0.39 is 4.92 Å². The topological polar surface area (TPSA) is 72.2 Å². The van der Waals surface area contributed by atoms with Gasteiger partial charge in [-0.25, -0.2) is 0 Å². The summed E-state index contributed by atoms with van der Waals surface area (Å²) in [5.74, 6) is 3.88. The highest BCUT2D eigenvalue weighted by molar-refractivity contribution is 5.94. The molecular weight excluding hydrogens is 304 g/mol. The largest absolute Gasteiger partial charge is 0.349 e. The second-order valence-electron chi connectivity index (χ2n) is 8.07. The zero-order valence-corrected chi connectivity index (χ0v) is 14.0. The molecule has 4 fully saturated rings. The molecule has 1 aromatic rings. The lowest BCUT2D eigenvalue weighted by molar-refractivity contribution is -0.384. The number of nitro benzene ring substituents is 1. The molecular formula is C19H24N2O3. The Morgan fingerprint density at radius 3 is 2.12 bits per heavy atom. The van der Waals surface area contributed by atoms with E-state index in [0.717, 1.165) is 23.7 Å². The minimum atomic E-state index is -0.446. The van der Waals surface area contributed by atoms with Crippen molar-refractivity contribution in [3.05, 3.63) is 39.9 Å². The highest BCUT2D eigenvalue weighted by atomic mass is 16.6. The first-order chi connectivity index (χ1) is 11.5. The number of nitrogens with zero attached hydrogens (tertiary/aromatic N) is 1. The van der Waals surface area contributed by atoms with Crippen LogP contribution < -0.4 is 5.32 Å². The lowest BCUT2D eigenvalue weighted by Crippen LogP contribution is -2.53. The van der Waals surface area contributed by atoms with Gasteiger partial charge in [-0.15, -0.1) is 0 Å². The van der Waals surface area contributed by atoms with Crippen LogP contribution in [0.3, 0.4) is 0 Å². The molecule has 1 aromatic carbocycles. The number of hydrogen-bond acceptors (Lipinski definition) is 3. The summed E-state index contributed by atoms with van der Waals surface area (Å²) >= 11 is 0. The van der Waals surface area contributed by atoms with Gasteiger partial charge in [-0.3, -0.25) is 14.9 Å². The van der Waals surface area contributed by atoms with Crippen LogP contribution in [0.2, 0.25) is 0 Å². The molecule has 5 heteroatoms. The third-order valence-electron chi connectivity index (χ3n) is 6.58. The Labute approximate surface area is 142 Å². The number of hydrogen-bond donors (Lipinski definition) is 1. The second-order valence-corrected chi connectivity index (χ2v) is 8.07. The molecule has 0 heterocycles. The van der Waals surface area contributed by atoms with Crippen molar-refractivity contribution >= 4 is 11.6 Å². The number of carbonyl (C=O) groups is 1. The SMILES string of the molecule is C[C@H](NC(=O)c1ccc([N+](=O)[O-])cc1)C1C2CC3CC(C2)CC1C3. The minimum absolute atomic E-state index is 0.0145. The summed E-state index contributed by atoms with van der Waals surface area (Å²) in [6, 6.07) is 6.03. The van der Waals surface area contributed by atoms with Gasteiger partial charge in [0.2, 0.25) is 0 Å². The van der Waals surface area contributed by atoms with E-state index in [2.05, 4.69) is 12.2 Å². The van der Waals surface area contributed by atoms with E-state index in [1.54, 1.807) is 0 Å². The molecule has 24 heavy (non-hydrogen) atoms. The van der Waals surface area contributed by atoms with Gasteiger partial charge in [-0.2, -0.15) is 0 Å². The van der Waals surface area contributed by atoms with Crippen molar-refractivity contribution in [2.45, 2.75) is 45.1 Å². The highest BCUT2D eigenvalue weighted by Crippen LogP contribution is 2.57. The molecule has 128 valence electrons. The number of carbonyl (C=O) groups excluding carboxylic acids is 1. The van der Waals surface area contributed by atoms with Crippen LogP contribution in [0.15, 0.2) is 24.3 Å². The molecule has 0 spiro atoms. The number of rotatable bonds is 4. The third-order valence-corrected chi connectivity index (χ3v) is 6.58. The quantitative estimate of drug-likeness (QED) is 0.675. The van der Waals surface area contributed by atoms with E-state index in [-0.39, 0.29) is 17.6 Å². The van der Waals surface area contributed by atoms with Crippen LogP contribution in [0, 0.1) is 39.7 Å². The summed E-state index contributed by atoms with van der Waals surface area (Å²) < 4.78 is 0. The first kappa shape index (κ1) is 15.6. The number of nitrogens with one attached hydrogen (secondary N) is 1. The zero-order chi connectivity index (χ0) is 16.8. The Morgan fingerprint density at radius 1 is 1.08 bits per heavy atom. The summed E-state index contributed by atoms with van der Waals surface area (Å²) in [5.41, 5.74) is 0.511. The predicted octanol–water partition coefficient (Wildman–Crippen LogP) is 3.79. The average molecular weight is 328 g/mol. The van der Waals surface area contributed by atoms with Crippen molar-refractivity contribution < 1.29 is 9.72 Å². The molecule has 1 N–H and O–H groups in total. The maximum Gasteiger partial charge on any atom is 0.269 e. The maximum atomic E-state index is 12.5. The third kappa shape index (κ3) is 2.70. The van der Waals surface area contributed by atoms with E-state index in [1.165, 1.54) is 56.4 Å². The maximum absolute atomic E-state index is 12.5. The van der Waals surface area contributed by atoms with Gasteiger partial charge >= 0.3 is 0 Å². The van der Waals surface area contributed by atoms with Crippen LogP contribution >= 0.6 is 0 Å². The molecule has 4 bridgehead atoms. The van der Waals surface area contributed by atoms with Gasteiger partial charge in [0, 0.05) is 23.7 Å². The standard InChI is InChI=1S/C19H24N2O3/c1-11(18-15-7-12-6-13(9-15)10-16(18)8-12)20-19(22)14-2-4-17(5-3-14)21(23)24/h2-5,11-13,15-16,18H,6-10H2,1H3,(H,20,22)/t11-,12?,13?,15?,16?,18?/m0/s1. The summed E-state index contributed by atoms with van der Waals surface area (Å²) in [6.45, 7) is 2.14. The molecule has 0 radical (unpaired) electrons. The van der Waals surface area contributed by atoms with Gasteiger partial charge in [0.25, 0.3) is 11.6 Å². The van der Waals surface area contributed by atoms with Gasteiger partial charge in [0.1, 0.15) is 0 Å². The number of benzene rings is 1. The zero-order valence-electron chi connectivity index (χ0n) is 14.0. The van der Waals surface area contributed by atoms with Gasteiger partial charge in [-0.05, 0) is 80.8 Å². The van der Waals surface area contributed by atoms with Crippen LogP contribution in [0.4, 0.5) is 5.69 Å². The fraction of sp³-hybridized carbons (Fsp3) is 0.632. The normalized spacial score (nSPS) is 34.8. The van der Waals surface area contributed by atoms with Crippen molar-refractivity contribution in [1.29, 1.82) is 0 Å². The summed E-state index contributed by atoms with van der Waals surface area (Å²) in [7, 11) is 0. The van der Waals surface area contributed by atoms with Crippen molar-refractivity contribution in [3.8, 4) is 0 Å². The molecule has 4 aliphatic rings. The van der Waals surface area contributed by atoms with Crippen molar-refractivity contribution in [1.82, 2.24) is 5.32 Å². The average Bonchev–Trinajstić information content (AvgIpc) is 2.53. The molecule has 1 amide bonds. The fourth-order valence-electron chi connectivity index (χ4n) is 5.90. The molecule has 0 aromatic heterocycles. The lowest BCUT2D eigenvalue weighted by atomic mass is 9.50. The van der Waals surface area contributed by atoms with Crippen LogP contribution in [0.1, 0.15) is 49.4 Å². The van der Waals surface area contributed by atoms with E-state index in [9.17, 15) is 14.9 Å². The Hall–Kier alpha value is -1.91. The molecule has 0 aliphatic heterocycles. The second kappa shape index (κ2) is 5.87. The van der Waals surface area contributed by atoms with Crippen LogP contribution in [0.25, 0.3) is 0 Å². The molecule has 5 nitrogen and oxygen atoms in total. The smallest absolute Gasteiger partial charge is 0.269 e. The van der Waals surface area contributed by atoms with Gasteiger partial charge in [0.05, 0.1) is 4.92 Å². The Kier molecular flexibility index (Phi) is 3.82. The van der Waals surface area contributed by atoms with Crippen LogP contribution in [-0.4, -0.2) is 16.9 Å². The minimum Gasteiger partial charge on any atom is -0.349 e. The van der Waals surface area contributed by atoms with E-state index in [4.69, 9.17) is 0 Å². The fourth-order valence-corrected chi connectivity index (χ4v) is 5.90. The summed E-state index contributed by atoms with van der Waals surface area (Å²) in [6.07, 6.45) is 6.80. The first-order valence-electron chi connectivity index (χ1n) is 9.06. The van der Waals surface area contributed by atoms with Gasteiger partial charge in [-0.1, -0.05) is 0 Å². The molecule has 4 saturated carbocycles. The monoisotopic (exact) mass is 328 g/mol. The van der Waals surface area contributed by atoms with Crippen LogP contribution in [0.5, 0.6) is 0 Å². The molecule has 1 atom stereocenters. The van der Waals surface area contributed by atoms with Gasteiger partial charge in [0.15, 0.2) is 0 Å². The molecule has 5 rings (SSSR count).